The fourth-order valence-electron chi connectivity index (χ4n) is 4.74. The highest BCUT2D eigenvalue weighted by Crippen LogP contribution is 2.32. The van der Waals surface area contributed by atoms with Crippen LogP contribution >= 0.6 is 0 Å². The zero-order valence-electron chi connectivity index (χ0n) is 21.1. The number of hydrogen-bond acceptors (Lipinski definition) is 3. The molecule has 4 aromatic rings. The minimum Gasteiger partial charge on any atom is -0.369 e. The maximum atomic E-state index is 13.1. The number of hydrogen-bond donors (Lipinski definition) is 1. The summed E-state index contributed by atoms with van der Waals surface area (Å²) in [5.74, 6) is -0.570. The van der Waals surface area contributed by atoms with Crippen molar-refractivity contribution < 1.29 is 22.4 Å². The summed E-state index contributed by atoms with van der Waals surface area (Å²) in [6.45, 7) is 4.26. The van der Waals surface area contributed by atoms with Crippen molar-refractivity contribution in [2.24, 2.45) is 0 Å². The van der Waals surface area contributed by atoms with Gasteiger partial charge in [0.2, 0.25) is 0 Å². The summed E-state index contributed by atoms with van der Waals surface area (Å²) < 4.78 is 52.0. The number of benzene rings is 4. The van der Waals surface area contributed by atoms with Gasteiger partial charge in [0.15, 0.2) is 0 Å². The third kappa shape index (κ3) is 6.46. The van der Waals surface area contributed by atoms with Crippen LogP contribution in [-0.2, 0) is 12.7 Å². The van der Waals surface area contributed by atoms with Gasteiger partial charge >= 0.3 is 6.18 Å². The number of nitrogens with one attached hydrogen (secondary N) is 1. The first kappa shape index (κ1) is 26.4. The van der Waals surface area contributed by atoms with Crippen molar-refractivity contribution in [1.29, 1.82) is 0 Å². The predicted molar refractivity (Wildman–Crippen MR) is 145 cm³/mol. The van der Waals surface area contributed by atoms with Crippen LogP contribution in [0.25, 0.3) is 11.1 Å². The summed E-state index contributed by atoms with van der Waals surface area (Å²) >= 11 is 0. The Morgan fingerprint density at radius 3 is 2.05 bits per heavy atom. The molecule has 39 heavy (non-hydrogen) atoms. The smallest absolute Gasteiger partial charge is 0.369 e. The lowest BCUT2D eigenvalue weighted by Crippen LogP contribution is -2.45. The van der Waals surface area contributed by atoms with Gasteiger partial charge < -0.3 is 10.2 Å². The highest BCUT2D eigenvalue weighted by molar-refractivity contribution is 6.08. The zero-order valence-corrected chi connectivity index (χ0v) is 21.1. The molecule has 4 aromatic carbocycles. The van der Waals surface area contributed by atoms with Gasteiger partial charge in [0, 0.05) is 49.7 Å². The molecule has 1 heterocycles. The van der Waals surface area contributed by atoms with Crippen molar-refractivity contribution in [3.63, 3.8) is 0 Å². The van der Waals surface area contributed by atoms with Crippen LogP contribution in [0.1, 0.15) is 21.5 Å². The van der Waals surface area contributed by atoms with E-state index >= 15 is 0 Å². The number of carbonyl (C=O) groups excluding carboxylic acids is 1. The van der Waals surface area contributed by atoms with Crippen molar-refractivity contribution in [2.75, 3.05) is 36.4 Å². The molecule has 0 aromatic heterocycles. The van der Waals surface area contributed by atoms with Crippen LogP contribution in [-0.4, -0.2) is 37.0 Å². The van der Waals surface area contributed by atoms with Crippen molar-refractivity contribution in [3.8, 4) is 11.1 Å². The summed E-state index contributed by atoms with van der Waals surface area (Å²) in [7, 11) is 0. The quantitative estimate of drug-likeness (QED) is 0.269. The van der Waals surface area contributed by atoms with Gasteiger partial charge in [0.05, 0.1) is 5.56 Å². The first-order chi connectivity index (χ1) is 18.8. The topological polar surface area (TPSA) is 35.6 Å². The Labute approximate surface area is 224 Å². The molecule has 1 amide bonds. The SMILES string of the molecule is O=C(Nc1ccc(N2CCN(Cc3ccc(F)cc3)CC2)cc1)c1ccccc1-c1ccc(C(F)(F)F)cc1. The molecule has 0 bridgehead atoms. The molecule has 0 saturated carbocycles. The Morgan fingerprint density at radius 1 is 0.769 bits per heavy atom. The molecule has 1 saturated heterocycles. The van der Waals surface area contributed by atoms with E-state index in [-0.39, 0.29) is 11.7 Å². The molecule has 0 radical (unpaired) electrons. The first-order valence-corrected chi connectivity index (χ1v) is 12.7. The third-order valence-corrected chi connectivity index (χ3v) is 6.88. The summed E-state index contributed by atoms with van der Waals surface area (Å²) in [5.41, 5.74) is 3.49. The van der Waals surface area contributed by atoms with Crippen LogP contribution in [0.3, 0.4) is 0 Å². The third-order valence-electron chi connectivity index (χ3n) is 6.88. The van der Waals surface area contributed by atoms with Crippen molar-refractivity contribution in [1.82, 2.24) is 4.90 Å². The second-order valence-electron chi connectivity index (χ2n) is 9.51. The molecule has 5 rings (SSSR count). The summed E-state index contributed by atoms with van der Waals surface area (Å²) in [6, 6.07) is 25.9. The standard InChI is InChI=1S/C31H27F4N3O/c32-25-11-5-22(6-12-25)21-37-17-19-38(20-18-37)27-15-13-26(14-16-27)36-30(39)29-4-2-1-3-28(29)23-7-9-24(10-8-23)31(33,34)35/h1-16H,17-21H2,(H,36,39). The molecule has 1 aliphatic rings. The number of rotatable bonds is 6. The molecular weight excluding hydrogens is 506 g/mol. The minimum absolute atomic E-state index is 0.230. The Morgan fingerprint density at radius 2 is 1.41 bits per heavy atom. The Kier molecular flexibility index (Phi) is 7.65. The molecule has 1 N–H and O–H groups in total. The Balaban J connectivity index is 1.20. The van der Waals surface area contributed by atoms with Gasteiger partial charge in [0.1, 0.15) is 5.82 Å². The van der Waals surface area contributed by atoms with Gasteiger partial charge in [-0.05, 0) is 71.3 Å². The lowest BCUT2D eigenvalue weighted by Gasteiger charge is -2.36. The summed E-state index contributed by atoms with van der Waals surface area (Å²) in [5, 5.41) is 2.90. The van der Waals surface area contributed by atoms with E-state index < -0.39 is 11.7 Å². The average molecular weight is 534 g/mol. The second-order valence-corrected chi connectivity index (χ2v) is 9.51. The zero-order chi connectivity index (χ0) is 27.4. The number of halogens is 4. The van der Waals surface area contributed by atoms with Gasteiger partial charge in [-0.25, -0.2) is 4.39 Å². The van der Waals surface area contributed by atoms with Crippen molar-refractivity contribution >= 4 is 17.3 Å². The van der Waals surface area contributed by atoms with E-state index in [4.69, 9.17) is 0 Å². The fraction of sp³-hybridized carbons (Fsp3) is 0.194. The number of anilines is 2. The Hall–Kier alpha value is -4.17. The highest BCUT2D eigenvalue weighted by atomic mass is 19.4. The minimum atomic E-state index is -4.42. The first-order valence-electron chi connectivity index (χ1n) is 12.7. The maximum Gasteiger partial charge on any atom is 0.416 e. The van der Waals surface area contributed by atoms with E-state index in [0.29, 0.717) is 22.4 Å². The van der Waals surface area contributed by atoms with E-state index in [2.05, 4.69) is 15.1 Å². The maximum absolute atomic E-state index is 13.1. The van der Waals surface area contributed by atoms with Crippen LogP contribution in [0.2, 0.25) is 0 Å². The number of nitrogens with zero attached hydrogens (tertiary/aromatic N) is 2. The van der Waals surface area contributed by atoms with Gasteiger partial charge in [0.25, 0.3) is 5.91 Å². The summed E-state index contributed by atoms with van der Waals surface area (Å²) in [6.07, 6.45) is -4.42. The van der Waals surface area contributed by atoms with Crippen LogP contribution in [0.15, 0.2) is 97.1 Å². The number of alkyl halides is 3. The van der Waals surface area contributed by atoms with E-state index in [1.807, 2.05) is 36.4 Å². The number of carbonyl (C=O) groups is 1. The Bertz CT molecular complexity index is 1410. The van der Waals surface area contributed by atoms with Gasteiger partial charge in [-0.2, -0.15) is 13.2 Å². The molecular formula is C31H27F4N3O. The molecule has 200 valence electrons. The van der Waals surface area contributed by atoms with Gasteiger partial charge in [-0.15, -0.1) is 0 Å². The number of piperazine rings is 1. The van der Waals surface area contributed by atoms with Crippen LogP contribution < -0.4 is 10.2 Å². The lowest BCUT2D eigenvalue weighted by molar-refractivity contribution is -0.137. The molecule has 8 heteroatoms. The van der Waals surface area contributed by atoms with E-state index in [0.717, 1.165) is 56.1 Å². The fourth-order valence-corrected chi connectivity index (χ4v) is 4.74. The molecule has 0 unspecified atom stereocenters. The monoisotopic (exact) mass is 533 g/mol. The predicted octanol–water partition coefficient (Wildman–Crippen LogP) is 7.09. The summed E-state index contributed by atoms with van der Waals surface area (Å²) in [4.78, 5) is 17.7. The lowest BCUT2D eigenvalue weighted by atomic mass is 9.98. The molecule has 1 fully saturated rings. The second kappa shape index (κ2) is 11.3. The average Bonchev–Trinajstić information content (AvgIpc) is 2.95. The van der Waals surface area contributed by atoms with Crippen molar-refractivity contribution in [2.45, 2.75) is 12.7 Å². The normalized spacial score (nSPS) is 14.3. The molecule has 4 nitrogen and oxygen atoms in total. The number of amides is 1. The highest BCUT2D eigenvalue weighted by Gasteiger charge is 2.30. The van der Waals surface area contributed by atoms with E-state index in [1.165, 1.54) is 24.3 Å². The molecule has 0 spiro atoms. The van der Waals surface area contributed by atoms with Gasteiger partial charge in [-0.1, -0.05) is 42.5 Å². The van der Waals surface area contributed by atoms with Crippen LogP contribution in [0, 0.1) is 5.82 Å². The molecule has 1 aliphatic heterocycles. The molecule has 0 atom stereocenters. The van der Waals surface area contributed by atoms with Gasteiger partial charge in [-0.3, -0.25) is 9.69 Å². The molecule has 0 aliphatic carbocycles. The van der Waals surface area contributed by atoms with E-state index in [1.54, 1.807) is 24.3 Å². The van der Waals surface area contributed by atoms with Crippen LogP contribution in [0.5, 0.6) is 0 Å². The van der Waals surface area contributed by atoms with Crippen molar-refractivity contribution in [3.05, 3.63) is 120 Å². The van der Waals surface area contributed by atoms with Crippen LogP contribution in [0.4, 0.5) is 28.9 Å². The van der Waals surface area contributed by atoms with E-state index in [9.17, 15) is 22.4 Å². The largest absolute Gasteiger partial charge is 0.416 e.